The first kappa shape index (κ1) is 12.4. The largest absolute Gasteiger partial charge is 0.354 e. The summed E-state index contributed by atoms with van der Waals surface area (Å²) in [4.78, 5) is 8.70. The van der Waals surface area contributed by atoms with Crippen molar-refractivity contribution < 1.29 is 0 Å². The molecule has 0 aliphatic rings. The van der Waals surface area contributed by atoms with Crippen LogP contribution in [0, 0.1) is 0 Å². The van der Waals surface area contributed by atoms with Crippen molar-refractivity contribution in [2.45, 2.75) is 0 Å². The highest BCUT2D eigenvalue weighted by Gasteiger charge is 2.04. The fourth-order valence-electron chi connectivity index (χ4n) is 1.83. The van der Waals surface area contributed by atoms with Crippen LogP contribution >= 0.6 is 27.5 Å². The van der Waals surface area contributed by atoms with Crippen LogP contribution in [0.3, 0.4) is 0 Å². The number of hydrogen-bond acceptors (Lipinski definition) is 3. The Hall–Kier alpha value is -1.65. The Morgan fingerprint density at radius 2 is 2.00 bits per heavy atom. The zero-order chi connectivity index (χ0) is 13.2. The van der Waals surface area contributed by atoms with E-state index < -0.39 is 0 Å². The monoisotopic (exact) mass is 333 g/mol. The topological polar surface area (TPSA) is 37.8 Å². The third-order valence-corrected chi connectivity index (χ3v) is 3.32. The minimum absolute atomic E-state index is 0.694. The summed E-state index contributed by atoms with van der Waals surface area (Å²) < 4.78 is 0.910. The molecule has 3 rings (SSSR count). The molecule has 0 aliphatic carbocycles. The smallest absolute Gasteiger partial charge is 0.112 e. The van der Waals surface area contributed by atoms with Crippen LogP contribution in [0.5, 0.6) is 0 Å². The van der Waals surface area contributed by atoms with Gasteiger partial charge in [-0.15, -0.1) is 0 Å². The van der Waals surface area contributed by atoms with Crippen molar-refractivity contribution in [2.75, 3.05) is 5.32 Å². The molecule has 0 saturated carbocycles. The van der Waals surface area contributed by atoms with Gasteiger partial charge in [0.2, 0.25) is 0 Å². The molecule has 0 bridgehead atoms. The van der Waals surface area contributed by atoms with E-state index in [9.17, 15) is 0 Å². The number of aromatic nitrogens is 2. The van der Waals surface area contributed by atoms with Gasteiger partial charge in [0, 0.05) is 27.6 Å². The van der Waals surface area contributed by atoms with Crippen LogP contribution in [0.25, 0.3) is 11.0 Å². The van der Waals surface area contributed by atoms with Gasteiger partial charge in [-0.1, -0.05) is 17.7 Å². The standard InChI is InChI=1S/C14H9BrClN3/c15-9-6-13-14(18-8-9)12(4-5-17-13)19-11-3-1-2-10(16)7-11/h1-8H,(H,17,19). The van der Waals surface area contributed by atoms with Crippen LogP contribution in [-0.4, -0.2) is 9.97 Å². The van der Waals surface area contributed by atoms with Gasteiger partial charge in [0.25, 0.3) is 0 Å². The Kier molecular flexibility index (Phi) is 3.36. The molecule has 0 saturated heterocycles. The van der Waals surface area contributed by atoms with E-state index in [0.29, 0.717) is 5.02 Å². The van der Waals surface area contributed by atoms with Gasteiger partial charge in [-0.25, -0.2) is 0 Å². The molecule has 0 radical (unpaired) electrons. The van der Waals surface area contributed by atoms with Crippen LogP contribution < -0.4 is 5.32 Å². The summed E-state index contributed by atoms with van der Waals surface area (Å²) in [5, 5.41) is 4.00. The maximum absolute atomic E-state index is 5.98. The second kappa shape index (κ2) is 5.15. The molecule has 0 spiro atoms. The van der Waals surface area contributed by atoms with E-state index in [1.807, 2.05) is 36.4 Å². The minimum atomic E-state index is 0.694. The van der Waals surface area contributed by atoms with Gasteiger partial charge >= 0.3 is 0 Å². The molecule has 2 heterocycles. The molecular formula is C14H9BrClN3. The third kappa shape index (κ3) is 2.69. The number of halogens is 2. The lowest BCUT2D eigenvalue weighted by molar-refractivity contribution is 1.32. The molecule has 0 fully saturated rings. The first-order valence-corrected chi connectivity index (χ1v) is 6.82. The highest BCUT2D eigenvalue weighted by Crippen LogP contribution is 2.26. The molecule has 0 aliphatic heterocycles. The number of fused-ring (bicyclic) bond motifs is 1. The molecule has 0 atom stereocenters. The maximum atomic E-state index is 5.98. The number of hydrogen-bond donors (Lipinski definition) is 1. The van der Waals surface area contributed by atoms with Gasteiger partial charge in [0.15, 0.2) is 0 Å². The second-order valence-corrected chi connectivity index (χ2v) is 5.37. The lowest BCUT2D eigenvalue weighted by atomic mass is 10.2. The summed E-state index contributed by atoms with van der Waals surface area (Å²) in [6, 6.07) is 11.4. The molecule has 0 amide bonds. The van der Waals surface area contributed by atoms with E-state index in [1.54, 1.807) is 12.4 Å². The van der Waals surface area contributed by atoms with Crippen molar-refractivity contribution >= 4 is 49.9 Å². The molecule has 3 nitrogen and oxygen atoms in total. The fourth-order valence-corrected chi connectivity index (χ4v) is 2.34. The first-order chi connectivity index (χ1) is 9.22. The quantitative estimate of drug-likeness (QED) is 0.732. The van der Waals surface area contributed by atoms with E-state index in [-0.39, 0.29) is 0 Å². The molecule has 1 aromatic carbocycles. The summed E-state index contributed by atoms with van der Waals surface area (Å²) in [7, 11) is 0. The van der Waals surface area contributed by atoms with Crippen LogP contribution in [-0.2, 0) is 0 Å². The van der Waals surface area contributed by atoms with Gasteiger partial charge in [-0.2, -0.15) is 0 Å². The molecule has 1 N–H and O–H groups in total. The van der Waals surface area contributed by atoms with Gasteiger partial charge in [0.1, 0.15) is 5.52 Å². The first-order valence-electron chi connectivity index (χ1n) is 5.65. The molecule has 0 unspecified atom stereocenters. The third-order valence-electron chi connectivity index (χ3n) is 2.65. The average molecular weight is 335 g/mol. The lowest BCUT2D eigenvalue weighted by Gasteiger charge is -2.09. The van der Waals surface area contributed by atoms with E-state index in [4.69, 9.17) is 11.6 Å². The highest BCUT2D eigenvalue weighted by atomic mass is 79.9. The van der Waals surface area contributed by atoms with Gasteiger partial charge in [-0.3, -0.25) is 9.97 Å². The van der Waals surface area contributed by atoms with E-state index in [1.165, 1.54) is 0 Å². The van der Waals surface area contributed by atoms with Crippen molar-refractivity contribution in [3.8, 4) is 0 Å². The number of benzene rings is 1. The number of pyridine rings is 2. The summed E-state index contributed by atoms with van der Waals surface area (Å²) in [5.41, 5.74) is 3.48. The van der Waals surface area contributed by atoms with E-state index >= 15 is 0 Å². The van der Waals surface area contributed by atoms with Gasteiger partial charge in [0.05, 0.1) is 11.2 Å². The Bertz CT molecular complexity index is 746. The Balaban J connectivity index is 2.06. The lowest BCUT2D eigenvalue weighted by Crippen LogP contribution is -1.94. The van der Waals surface area contributed by atoms with Crippen LogP contribution in [0.1, 0.15) is 0 Å². The zero-order valence-electron chi connectivity index (χ0n) is 9.77. The minimum Gasteiger partial charge on any atom is -0.354 e. The zero-order valence-corrected chi connectivity index (χ0v) is 12.1. The van der Waals surface area contributed by atoms with E-state index in [2.05, 4.69) is 31.2 Å². The highest BCUT2D eigenvalue weighted by molar-refractivity contribution is 9.10. The molecule has 19 heavy (non-hydrogen) atoms. The Morgan fingerprint density at radius 3 is 2.84 bits per heavy atom. The number of nitrogens with zero attached hydrogens (tertiary/aromatic N) is 2. The van der Waals surface area contributed by atoms with Crippen molar-refractivity contribution in [1.29, 1.82) is 0 Å². The van der Waals surface area contributed by atoms with Gasteiger partial charge in [-0.05, 0) is 46.3 Å². The van der Waals surface area contributed by atoms with Crippen molar-refractivity contribution in [3.05, 3.63) is 58.3 Å². The number of rotatable bonds is 2. The van der Waals surface area contributed by atoms with Gasteiger partial charge < -0.3 is 5.32 Å². The Morgan fingerprint density at radius 1 is 1.11 bits per heavy atom. The maximum Gasteiger partial charge on any atom is 0.112 e. The fraction of sp³-hybridized carbons (Fsp3) is 0. The Labute approximate surface area is 123 Å². The van der Waals surface area contributed by atoms with Crippen LogP contribution in [0.2, 0.25) is 5.02 Å². The molecule has 3 aromatic rings. The second-order valence-electron chi connectivity index (χ2n) is 4.02. The predicted molar refractivity (Wildman–Crippen MR) is 82.0 cm³/mol. The molecule has 2 aromatic heterocycles. The van der Waals surface area contributed by atoms with Crippen LogP contribution in [0.15, 0.2) is 53.3 Å². The number of nitrogens with one attached hydrogen (secondary N) is 1. The van der Waals surface area contributed by atoms with Crippen molar-refractivity contribution in [2.24, 2.45) is 0 Å². The summed E-state index contributed by atoms with van der Waals surface area (Å²) in [5.74, 6) is 0. The van der Waals surface area contributed by atoms with Crippen molar-refractivity contribution in [1.82, 2.24) is 9.97 Å². The SMILES string of the molecule is Clc1cccc(Nc2ccnc3cc(Br)cnc23)c1. The average Bonchev–Trinajstić information content (AvgIpc) is 2.38. The molecule has 94 valence electrons. The predicted octanol–water partition coefficient (Wildman–Crippen LogP) is 4.79. The normalized spacial score (nSPS) is 10.6. The number of anilines is 2. The molecule has 5 heteroatoms. The summed E-state index contributed by atoms with van der Waals surface area (Å²) in [6.07, 6.45) is 3.51. The summed E-state index contributed by atoms with van der Waals surface area (Å²) in [6.45, 7) is 0. The van der Waals surface area contributed by atoms with Crippen molar-refractivity contribution in [3.63, 3.8) is 0 Å². The summed E-state index contributed by atoms with van der Waals surface area (Å²) >= 11 is 9.37. The molecular weight excluding hydrogens is 326 g/mol. The van der Waals surface area contributed by atoms with E-state index in [0.717, 1.165) is 26.9 Å². The van der Waals surface area contributed by atoms with Crippen LogP contribution in [0.4, 0.5) is 11.4 Å².